The number of halogens is 1. The van der Waals surface area contributed by atoms with E-state index in [1.807, 2.05) is 13.8 Å². The van der Waals surface area contributed by atoms with Crippen molar-refractivity contribution in [1.29, 1.82) is 0 Å². The minimum atomic E-state index is 0.458. The Morgan fingerprint density at radius 2 is 2.11 bits per heavy atom. The van der Waals surface area contributed by atoms with Crippen molar-refractivity contribution in [3.05, 3.63) is 28.4 Å². The molecule has 0 aliphatic rings. The van der Waals surface area contributed by atoms with Gasteiger partial charge in [0.15, 0.2) is 11.0 Å². The summed E-state index contributed by atoms with van der Waals surface area (Å²) in [6.45, 7) is 4.72. The van der Waals surface area contributed by atoms with Crippen LogP contribution in [0.2, 0.25) is 5.15 Å². The number of nitrogens with one attached hydrogen (secondary N) is 2. The topological polar surface area (TPSA) is 79.4 Å². The lowest BCUT2D eigenvalue weighted by molar-refractivity contribution is 0.799. The number of anilines is 1. The largest absolute Gasteiger partial charge is 0.368 e. The Balaban J connectivity index is 1.85. The molecule has 2 heterocycles. The highest BCUT2D eigenvalue weighted by Crippen LogP contribution is 2.20. The highest BCUT2D eigenvalue weighted by atomic mass is 35.5. The van der Waals surface area contributed by atoms with Gasteiger partial charge in [-0.1, -0.05) is 11.6 Å². The van der Waals surface area contributed by atoms with Crippen LogP contribution in [0.4, 0.5) is 5.82 Å². The predicted octanol–water partition coefficient (Wildman–Crippen LogP) is 1.91. The molecular formula is C11H15ClN6. The molecule has 96 valence electrons. The molecule has 0 radical (unpaired) electrons. The van der Waals surface area contributed by atoms with E-state index in [9.17, 15) is 0 Å². The zero-order valence-corrected chi connectivity index (χ0v) is 11.1. The van der Waals surface area contributed by atoms with Crippen LogP contribution in [-0.4, -0.2) is 31.9 Å². The summed E-state index contributed by atoms with van der Waals surface area (Å²) in [7, 11) is 0. The first kappa shape index (κ1) is 12.8. The molecule has 18 heavy (non-hydrogen) atoms. The standard InChI is InChI=1S/C11H15ClN6/c1-7-8(2)11(18-17-10(7)12)13-5-3-4-9-14-6-15-16-9/h6H,3-5H2,1-2H3,(H,13,18)(H,14,15,16). The number of hydrogen-bond donors (Lipinski definition) is 2. The van der Waals surface area contributed by atoms with Crippen LogP contribution in [-0.2, 0) is 6.42 Å². The molecule has 0 fully saturated rings. The number of nitrogens with zero attached hydrogens (tertiary/aromatic N) is 4. The smallest absolute Gasteiger partial charge is 0.155 e. The highest BCUT2D eigenvalue weighted by molar-refractivity contribution is 6.30. The van der Waals surface area contributed by atoms with Crippen LogP contribution >= 0.6 is 11.6 Å². The van der Waals surface area contributed by atoms with Crippen molar-refractivity contribution < 1.29 is 0 Å². The average Bonchev–Trinajstić information content (AvgIpc) is 2.87. The molecule has 0 aliphatic carbocycles. The van der Waals surface area contributed by atoms with Gasteiger partial charge in [-0.3, -0.25) is 5.10 Å². The number of aryl methyl sites for hydroxylation is 1. The summed E-state index contributed by atoms with van der Waals surface area (Å²) in [6, 6.07) is 0. The van der Waals surface area contributed by atoms with Gasteiger partial charge in [-0.2, -0.15) is 5.10 Å². The normalized spacial score (nSPS) is 10.6. The van der Waals surface area contributed by atoms with Crippen molar-refractivity contribution in [2.45, 2.75) is 26.7 Å². The van der Waals surface area contributed by atoms with Crippen LogP contribution in [0.5, 0.6) is 0 Å². The summed E-state index contributed by atoms with van der Waals surface area (Å²) >= 11 is 5.89. The van der Waals surface area contributed by atoms with E-state index >= 15 is 0 Å². The lowest BCUT2D eigenvalue weighted by Gasteiger charge is -2.09. The molecule has 0 saturated heterocycles. The molecule has 0 atom stereocenters. The maximum absolute atomic E-state index is 5.89. The Kier molecular flexibility index (Phi) is 4.09. The van der Waals surface area contributed by atoms with Crippen molar-refractivity contribution in [1.82, 2.24) is 25.4 Å². The number of aromatic nitrogens is 5. The maximum atomic E-state index is 5.89. The first-order chi connectivity index (χ1) is 8.68. The van der Waals surface area contributed by atoms with E-state index in [1.165, 1.54) is 6.33 Å². The SMILES string of the molecule is Cc1c(Cl)nnc(NCCCc2ncn[nH]2)c1C. The second-order valence-corrected chi connectivity index (χ2v) is 4.41. The van der Waals surface area contributed by atoms with Crippen molar-refractivity contribution in [3.8, 4) is 0 Å². The fourth-order valence-electron chi connectivity index (χ4n) is 1.56. The van der Waals surface area contributed by atoms with E-state index in [4.69, 9.17) is 11.6 Å². The number of aromatic amines is 1. The van der Waals surface area contributed by atoms with E-state index in [2.05, 4.69) is 30.7 Å². The Bertz CT molecular complexity index is 511. The van der Waals surface area contributed by atoms with Gasteiger partial charge in [-0.05, 0) is 31.4 Å². The summed E-state index contributed by atoms with van der Waals surface area (Å²) in [5.41, 5.74) is 2.00. The second kappa shape index (κ2) is 5.77. The second-order valence-electron chi connectivity index (χ2n) is 4.05. The zero-order chi connectivity index (χ0) is 13.0. The van der Waals surface area contributed by atoms with Crippen LogP contribution in [0.15, 0.2) is 6.33 Å². The van der Waals surface area contributed by atoms with Gasteiger partial charge in [0.2, 0.25) is 0 Å². The first-order valence-electron chi connectivity index (χ1n) is 5.76. The first-order valence-corrected chi connectivity index (χ1v) is 6.13. The number of hydrogen-bond acceptors (Lipinski definition) is 5. The third-order valence-corrected chi connectivity index (χ3v) is 3.17. The monoisotopic (exact) mass is 266 g/mol. The van der Waals surface area contributed by atoms with Gasteiger partial charge in [0.1, 0.15) is 12.2 Å². The van der Waals surface area contributed by atoms with Gasteiger partial charge in [0.05, 0.1) is 0 Å². The average molecular weight is 267 g/mol. The van der Waals surface area contributed by atoms with Gasteiger partial charge in [-0.25, -0.2) is 4.98 Å². The molecule has 2 aromatic rings. The lowest BCUT2D eigenvalue weighted by Crippen LogP contribution is -2.08. The van der Waals surface area contributed by atoms with Crippen molar-refractivity contribution in [2.24, 2.45) is 0 Å². The number of rotatable bonds is 5. The van der Waals surface area contributed by atoms with Crippen LogP contribution in [0.3, 0.4) is 0 Å². The third-order valence-electron chi connectivity index (χ3n) is 2.81. The highest BCUT2D eigenvalue weighted by Gasteiger charge is 2.07. The fourth-order valence-corrected chi connectivity index (χ4v) is 1.74. The molecule has 0 unspecified atom stereocenters. The van der Waals surface area contributed by atoms with Gasteiger partial charge in [0.25, 0.3) is 0 Å². The van der Waals surface area contributed by atoms with Gasteiger partial charge in [-0.15, -0.1) is 10.2 Å². The van der Waals surface area contributed by atoms with Crippen LogP contribution in [0.1, 0.15) is 23.4 Å². The molecule has 0 aliphatic heterocycles. The molecule has 0 spiro atoms. The van der Waals surface area contributed by atoms with Crippen LogP contribution in [0.25, 0.3) is 0 Å². The summed E-state index contributed by atoms with van der Waals surface area (Å²) in [5.74, 6) is 1.68. The summed E-state index contributed by atoms with van der Waals surface area (Å²) in [5, 5.41) is 18.3. The molecule has 6 nitrogen and oxygen atoms in total. The molecule has 0 aromatic carbocycles. The zero-order valence-electron chi connectivity index (χ0n) is 10.4. The Morgan fingerprint density at radius 1 is 1.28 bits per heavy atom. The molecule has 2 aromatic heterocycles. The summed E-state index contributed by atoms with van der Waals surface area (Å²) < 4.78 is 0. The van der Waals surface area contributed by atoms with Crippen LogP contribution < -0.4 is 5.32 Å². The minimum absolute atomic E-state index is 0.458. The summed E-state index contributed by atoms with van der Waals surface area (Å²) in [6.07, 6.45) is 3.31. The fraction of sp³-hybridized carbons (Fsp3) is 0.455. The van der Waals surface area contributed by atoms with Crippen LogP contribution in [0, 0.1) is 13.8 Å². The van der Waals surface area contributed by atoms with Gasteiger partial charge < -0.3 is 5.32 Å². The number of H-pyrrole nitrogens is 1. The van der Waals surface area contributed by atoms with Gasteiger partial charge in [0, 0.05) is 13.0 Å². The molecule has 0 saturated carbocycles. The van der Waals surface area contributed by atoms with E-state index in [0.717, 1.165) is 42.2 Å². The Morgan fingerprint density at radius 3 is 2.83 bits per heavy atom. The minimum Gasteiger partial charge on any atom is -0.368 e. The quantitative estimate of drug-likeness (QED) is 0.808. The summed E-state index contributed by atoms with van der Waals surface area (Å²) in [4.78, 5) is 4.06. The molecule has 7 heteroatoms. The van der Waals surface area contributed by atoms with Crippen molar-refractivity contribution in [2.75, 3.05) is 11.9 Å². The van der Waals surface area contributed by atoms with E-state index in [-0.39, 0.29) is 0 Å². The Hall–Kier alpha value is -1.69. The van der Waals surface area contributed by atoms with Gasteiger partial charge >= 0.3 is 0 Å². The molecule has 0 bridgehead atoms. The maximum Gasteiger partial charge on any atom is 0.155 e. The molecule has 2 rings (SSSR count). The lowest BCUT2D eigenvalue weighted by atomic mass is 10.2. The van der Waals surface area contributed by atoms with Crippen molar-refractivity contribution >= 4 is 17.4 Å². The van der Waals surface area contributed by atoms with E-state index in [1.54, 1.807) is 0 Å². The van der Waals surface area contributed by atoms with Crippen molar-refractivity contribution in [3.63, 3.8) is 0 Å². The Labute approximate surface area is 110 Å². The molecule has 2 N–H and O–H groups in total. The van der Waals surface area contributed by atoms with E-state index in [0.29, 0.717) is 5.15 Å². The molecular weight excluding hydrogens is 252 g/mol. The third kappa shape index (κ3) is 2.95. The predicted molar refractivity (Wildman–Crippen MR) is 69.7 cm³/mol. The molecule has 0 amide bonds. The van der Waals surface area contributed by atoms with E-state index < -0.39 is 0 Å².